The van der Waals surface area contributed by atoms with E-state index in [0.717, 1.165) is 12.0 Å². The molecule has 0 spiro atoms. The van der Waals surface area contributed by atoms with Crippen molar-refractivity contribution in [1.29, 1.82) is 0 Å². The monoisotopic (exact) mass is 366 g/mol. The van der Waals surface area contributed by atoms with Crippen LogP contribution in [0.1, 0.15) is 36.5 Å². The third-order valence-corrected chi connectivity index (χ3v) is 4.86. The molecule has 2 aromatic carbocycles. The highest BCUT2D eigenvalue weighted by Crippen LogP contribution is 2.13. The molecule has 0 aliphatic rings. The first-order chi connectivity index (χ1) is 13.0. The van der Waals surface area contributed by atoms with E-state index in [2.05, 4.69) is 48.6 Å². The normalized spacial score (nSPS) is 11.7. The zero-order chi connectivity index (χ0) is 19.6. The van der Waals surface area contributed by atoms with E-state index in [1.165, 1.54) is 11.1 Å². The number of benzene rings is 2. The highest BCUT2D eigenvalue weighted by Gasteiger charge is 2.27. The van der Waals surface area contributed by atoms with Gasteiger partial charge in [-0.3, -0.25) is 9.59 Å². The van der Waals surface area contributed by atoms with Crippen LogP contribution >= 0.6 is 0 Å². The van der Waals surface area contributed by atoms with Crippen LogP contribution in [0.2, 0.25) is 0 Å². The molecule has 0 aliphatic carbocycles. The molecule has 27 heavy (non-hydrogen) atoms. The smallest absolute Gasteiger partial charge is 0.242 e. The van der Waals surface area contributed by atoms with Gasteiger partial charge < -0.3 is 10.2 Å². The van der Waals surface area contributed by atoms with Gasteiger partial charge in [-0.2, -0.15) is 0 Å². The van der Waals surface area contributed by atoms with Crippen LogP contribution in [0, 0.1) is 6.92 Å². The molecule has 0 bridgehead atoms. The minimum atomic E-state index is -0.427. The van der Waals surface area contributed by atoms with Gasteiger partial charge in [-0.15, -0.1) is 0 Å². The van der Waals surface area contributed by atoms with E-state index in [4.69, 9.17) is 0 Å². The fourth-order valence-corrected chi connectivity index (χ4v) is 3.21. The number of amides is 2. The number of hydrogen-bond acceptors (Lipinski definition) is 2. The van der Waals surface area contributed by atoms with Crippen molar-refractivity contribution < 1.29 is 9.59 Å². The number of hydrogen-bond donors (Lipinski definition) is 1. The van der Waals surface area contributed by atoms with Crippen LogP contribution in [0.4, 0.5) is 0 Å². The summed E-state index contributed by atoms with van der Waals surface area (Å²) in [6.07, 6.45) is 2.44. The Kier molecular flexibility index (Phi) is 8.05. The molecule has 0 aliphatic heterocycles. The molecule has 2 rings (SSSR count). The van der Waals surface area contributed by atoms with Crippen LogP contribution in [0.5, 0.6) is 0 Å². The molecule has 4 nitrogen and oxygen atoms in total. The molecule has 0 saturated heterocycles. The third kappa shape index (κ3) is 6.24. The number of nitrogens with zero attached hydrogens (tertiary/aromatic N) is 1. The Morgan fingerprint density at radius 2 is 1.59 bits per heavy atom. The highest BCUT2D eigenvalue weighted by atomic mass is 16.2. The maximum atomic E-state index is 13.0. The Bertz CT molecular complexity index is 726. The van der Waals surface area contributed by atoms with Crippen LogP contribution in [0.3, 0.4) is 0 Å². The summed E-state index contributed by atoms with van der Waals surface area (Å²) in [6, 6.07) is 17.9. The largest absolute Gasteiger partial charge is 0.357 e. The van der Waals surface area contributed by atoms with Gasteiger partial charge in [0.1, 0.15) is 6.04 Å². The Morgan fingerprint density at radius 1 is 0.963 bits per heavy atom. The zero-order valence-corrected chi connectivity index (χ0v) is 16.6. The van der Waals surface area contributed by atoms with E-state index < -0.39 is 6.04 Å². The number of aryl methyl sites for hydroxylation is 2. The van der Waals surface area contributed by atoms with Crippen molar-refractivity contribution in [3.05, 3.63) is 71.3 Å². The summed E-state index contributed by atoms with van der Waals surface area (Å²) in [5.74, 6) is -0.0730. The fraction of sp³-hybridized carbons (Fsp3) is 0.391. The van der Waals surface area contributed by atoms with Gasteiger partial charge >= 0.3 is 0 Å². The maximum absolute atomic E-state index is 13.0. The number of carbonyl (C=O) groups is 2. The van der Waals surface area contributed by atoms with Crippen LogP contribution in [-0.2, 0) is 22.4 Å². The summed E-state index contributed by atoms with van der Waals surface area (Å²) in [5, 5.41) is 2.70. The van der Waals surface area contributed by atoms with Crippen molar-refractivity contribution in [2.75, 3.05) is 13.6 Å². The summed E-state index contributed by atoms with van der Waals surface area (Å²) in [7, 11) is 1.62. The van der Waals surface area contributed by atoms with Crippen molar-refractivity contribution in [3.8, 4) is 0 Å². The minimum Gasteiger partial charge on any atom is -0.357 e. The number of likely N-dealkylation sites (N-methyl/N-ethyl adjacent to an activating group) is 1. The molecule has 2 aromatic rings. The molecule has 0 radical (unpaired) electrons. The summed E-state index contributed by atoms with van der Waals surface area (Å²) in [4.78, 5) is 27.0. The van der Waals surface area contributed by atoms with Crippen LogP contribution < -0.4 is 5.32 Å². The fourth-order valence-electron chi connectivity index (χ4n) is 3.21. The van der Waals surface area contributed by atoms with E-state index >= 15 is 0 Å². The summed E-state index contributed by atoms with van der Waals surface area (Å²) < 4.78 is 0. The summed E-state index contributed by atoms with van der Waals surface area (Å²) in [5.41, 5.74) is 3.52. The second-order valence-corrected chi connectivity index (χ2v) is 6.85. The first-order valence-corrected chi connectivity index (χ1v) is 9.65. The van der Waals surface area contributed by atoms with Crippen molar-refractivity contribution in [2.45, 2.75) is 45.6 Å². The van der Waals surface area contributed by atoms with Gasteiger partial charge in [0.2, 0.25) is 11.8 Å². The van der Waals surface area contributed by atoms with Crippen LogP contribution in [0.25, 0.3) is 0 Å². The van der Waals surface area contributed by atoms with E-state index in [0.29, 0.717) is 25.8 Å². The van der Waals surface area contributed by atoms with Gasteiger partial charge in [0.25, 0.3) is 0 Å². The number of carbonyl (C=O) groups excluding carboxylic acids is 2. The minimum absolute atomic E-state index is 0.0296. The molecule has 144 valence electrons. The molecular formula is C23H30N2O2. The van der Waals surface area contributed by atoms with Crippen molar-refractivity contribution in [2.24, 2.45) is 0 Å². The number of nitrogens with one attached hydrogen (secondary N) is 1. The van der Waals surface area contributed by atoms with E-state index in [9.17, 15) is 9.59 Å². The van der Waals surface area contributed by atoms with Gasteiger partial charge in [0.05, 0.1) is 0 Å². The van der Waals surface area contributed by atoms with Crippen molar-refractivity contribution in [3.63, 3.8) is 0 Å². The van der Waals surface area contributed by atoms with Gasteiger partial charge in [-0.05, 0) is 37.3 Å². The zero-order valence-electron chi connectivity index (χ0n) is 16.6. The maximum Gasteiger partial charge on any atom is 0.242 e. The molecule has 1 atom stereocenters. The number of rotatable bonds is 9. The molecule has 1 N–H and O–H groups in total. The van der Waals surface area contributed by atoms with Crippen LogP contribution in [-0.4, -0.2) is 36.3 Å². The molecule has 0 saturated carbocycles. The molecule has 0 heterocycles. The highest BCUT2D eigenvalue weighted by molar-refractivity contribution is 5.87. The lowest BCUT2D eigenvalue weighted by molar-refractivity contribution is -0.140. The van der Waals surface area contributed by atoms with E-state index in [1.54, 1.807) is 11.9 Å². The predicted octanol–water partition coefficient (Wildman–Crippen LogP) is 3.52. The van der Waals surface area contributed by atoms with Crippen molar-refractivity contribution in [1.82, 2.24) is 10.2 Å². The molecule has 4 heteroatoms. The molecule has 2 amide bonds. The second-order valence-electron chi connectivity index (χ2n) is 6.85. The molecule has 0 fully saturated rings. The Morgan fingerprint density at radius 3 is 2.19 bits per heavy atom. The van der Waals surface area contributed by atoms with Gasteiger partial charge in [0.15, 0.2) is 0 Å². The van der Waals surface area contributed by atoms with Gasteiger partial charge in [-0.1, -0.05) is 67.1 Å². The summed E-state index contributed by atoms with van der Waals surface area (Å²) in [6.45, 7) is 4.54. The van der Waals surface area contributed by atoms with Gasteiger partial charge in [-0.25, -0.2) is 0 Å². The quantitative estimate of drug-likeness (QED) is 0.738. The third-order valence-electron chi connectivity index (χ3n) is 4.86. The molecule has 0 unspecified atom stereocenters. The molecule has 0 aromatic heterocycles. The Labute approximate surface area is 162 Å². The first-order valence-electron chi connectivity index (χ1n) is 9.65. The lowest BCUT2D eigenvalue weighted by atomic mass is 10.0. The SMILES string of the molecule is CC[C@@H](C(=O)NC)N(CCc1ccccc1)C(=O)CCc1ccc(C)cc1. The first kappa shape index (κ1) is 20.7. The second kappa shape index (κ2) is 10.5. The van der Waals surface area contributed by atoms with Gasteiger partial charge in [0, 0.05) is 20.0 Å². The molecular weight excluding hydrogens is 336 g/mol. The topological polar surface area (TPSA) is 49.4 Å². The van der Waals surface area contributed by atoms with E-state index in [-0.39, 0.29) is 11.8 Å². The average molecular weight is 367 g/mol. The van der Waals surface area contributed by atoms with E-state index in [1.807, 2.05) is 25.1 Å². The summed E-state index contributed by atoms with van der Waals surface area (Å²) >= 11 is 0. The van der Waals surface area contributed by atoms with Crippen molar-refractivity contribution >= 4 is 11.8 Å². The Balaban J connectivity index is 2.07. The Hall–Kier alpha value is -2.62. The lowest BCUT2D eigenvalue weighted by Gasteiger charge is -2.30. The van der Waals surface area contributed by atoms with Crippen LogP contribution in [0.15, 0.2) is 54.6 Å². The predicted molar refractivity (Wildman–Crippen MR) is 110 cm³/mol. The average Bonchev–Trinajstić information content (AvgIpc) is 2.70. The lowest BCUT2D eigenvalue weighted by Crippen LogP contribution is -2.49. The standard InChI is InChI=1S/C23H30N2O2/c1-4-21(23(27)24-3)25(17-16-19-8-6-5-7-9-19)22(26)15-14-20-12-10-18(2)11-13-20/h5-13,21H,4,14-17H2,1-3H3,(H,24,27)/t21-/m0/s1.